The van der Waals surface area contributed by atoms with Crippen molar-refractivity contribution in [1.29, 1.82) is 0 Å². The second kappa shape index (κ2) is 7.49. The minimum absolute atomic E-state index is 0.0701. The van der Waals surface area contributed by atoms with E-state index in [1.807, 2.05) is 18.7 Å². The average molecular weight is 310 g/mol. The van der Waals surface area contributed by atoms with Gasteiger partial charge in [0.1, 0.15) is 11.6 Å². The highest BCUT2D eigenvalue weighted by atomic mass is 32.2. The molecule has 2 atom stereocenters. The molecule has 0 aliphatic heterocycles. The summed E-state index contributed by atoms with van der Waals surface area (Å²) in [5, 5.41) is 18.1. The molecule has 2 unspecified atom stereocenters. The van der Waals surface area contributed by atoms with E-state index in [1.54, 1.807) is 0 Å². The third-order valence-corrected chi connectivity index (χ3v) is 4.79. The summed E-state index contributed by atoms with van der Waals surface area (Å²) in [6, 6.07) is 3.34. The largest absolute Gasteiger partial charge is 0.370 e. The number of pyridine rings is 1. The zero-order valence-electron chi connectivity index (χ0n) is 12.5. The molecule has 0 bridgehead atoms. The van der Waals surface area contributed by atoms with Gasteiger partial charge in [0.2, 0.25) is 0 Å². The van der Waals surface area contributed by atoms with Crippen LogP contribution in [-0.4, -0.2) is 34.0 Å². The Balaban J connectivity index is 2.12. The topological polar surface area (TPSA) is 80.1 Å². The molecule has 1 aromatic rings. The Bertz CT molecular complexity index is 498. The maximum Gasteiger partial charge on any atom is 0.276 e. The normalized spacial score (nSPS) is 21.8. The molecule has 116 valence electrons. The fraction of sp³-hybridized carbons (Fsp3) is 0.643. The standard InChI is InChI=1S/C14H22N4O2S/c1-3-15-13-8-11(18(19)20)9-14(17-13)16-10-5-4-6-12(7-10)21-2/h8-10,12H,3-7H2,1-2H3,(H2,15,16,17). The molecule has 1 aliphatic rings. The number of aromatic nitrogens is 1. The molecule has 1 fully saturated rings. The molecule has 1 aromatic heterocycles. The number of rotatable bonds is 6. The van der Waals surface area contributed by atoms with Crippen molar-refractivity contribution in [1.82, 2.24) is 4.98 Å². The number of nitrogens with one attached hydrogen (secondary N) is 2. The zero-order chi connectivity index (χ0) is 15.2. The van der Waals surface area contributed by atoms with Gasteiger partial charge in [0.15, 0.2) is 0 Å². The first kappa shape index (κ1) is 15.9. The Hall–Kier alpha value is -1.50. The molecular formula is C14H22N4O2S. The molecule has 1 saturated carbocycles. The molecule has 2 N–H and O–H groups in total. The minimum atomic E-state index is -0.376. The molecule has 0 radical (unpaired) electrons. The Labute approximate surface area is 129 Å². The SMILES string of the molecule is CCNc1cc([N+](=O)[O-])cc(NC2CCCC(SC)C2)n1. The Morgan fingerprint density at radius 1 is 1.43 bits per heavy atom. The first-order valence-electron chi connectivity index (χ1n) is 7.32. The number of nitro groups is 1. The third kappa shape index (κ3) is 4.49. The van der Waals surface area contributed by atoms with E-state index in [1.165, 1.54) is 25.0 Å². The van der Waals surface area contributed by atoms with E-state index in [9.17, 15) is 10.1 Å². The van der Waals surface area contributed by atoms with Crippen LogP contribution < -0.4 is 10.6 Å². The number of hydrogen-bond donors (Lipinski definition) is 2. The van der Waals surface area contributed by atoms with Crippen molar-refractivity contribution in [3.05, 3.63) is 22.2 Å². The van der Waals surface area contributed by atoms with Crippen LogP contribution in [-0.2, 0) is 0 Å². The zero-order valence-corrected chi connectivity index (χ0v) is 13.3. The first-order valence-corrected chi connectivity index (χ1v) is 8.60. The molecule has 21 heavy (non-hydrogen) atoms. The van der Waals surface area contributed by atoms with Crippen LogP contribution in [0.15, 0.2) is 12.1 Å². The van der Waals surface area contributed by atoms with Gasteiger partial charge in [0.25, 0.3) is 5.69 Å². The summed E-state index contributed by atoms with van der Waals surface area (Å²) in [7, 11) is 0. The lowest BCUT2D eigenvalue weighted by Crippen LogP contribution is -2.29. The second-order valence-corrected chi connectivity index (χ2v) is 6.39. The number of anilines is 2. The highest BCUT2D eigenvalue weighted by Gasteiger charge is 2.22. The Morgan fingerprint density at radius 3 is 2.86 bits per heavy atom. The molecule has 2 rings (SSSR count). The Morgan fingerprint density at radius 2 is 2.19 bits per heavy atom. The predicted molar refractivity (Wildman–Crippen MR) is 88.2 cm³/mol. The maximum atomic E-state index is 11.0. The molecule has 7 heteroatoms. The summed E-state index contributed by atoms with van der Waals surface area (Å²) in [6.07, 6.45) is 6.77. The van der Waals surface area contributed by atoms with Gasteiger partial charge in [-0.15, -0.1) is 0 Å². The van der Waals surface area contributed by atoms with Crippen LogP contribution >= 0.6 is 11.8 Å². The van der Waals surface area contributed by atoms with E-state index in [0.717, 1.165) is 12.8 Å². The molecular weight excluding hydrogens is 288 g/mol. The van der Waals surface area contributed by atoms with Crippen molar-refractivity contribution in [2.24, 2.45) is 0 Å². The van der Waals surface area contributed by atoms with E-state index in [0.29, 0.717) is 29.5 Å². The van der Waals surface area contributed by atoms with E-state index in [4.69, 9.17) is 0 Å². The quantitative estimate of drug-likeness (QED) is 0.618. The molecule has 1 heterocycles. The van der Waals surface area contributed by atoms with Crippen molar-refractivity contribution in [3.63, 3.8) is 0 Å². The number of hydrogen-bond acceptors (Lipinski definition) is 6. The highest BCUT2D eigenvalue weighted by Crippen LogP contribution is 2.29. The van der Waals surface area contributed by atoms with Crippen molar-refractivity contribution in [3.8, 4) is 0 Å². The van der Waals surface area contributed by atoms with Crippen LogP contribution in [0.1, 0.15) is 32.6 Å². The average Bonchev–Trinajstić information content (AvgIpc) is 2.47. The van der Waals surface area contributed by atoms with Crippen LogP contribution in [0, 0.1) is 10.1 Å². The lowest BCUT2D eigenvalue weighted by Gasteiger charge is -2.29. The van der Waals surface area contributed by atoms with Crippen molar-refractivity contribution >= 4 is 29.1 Å². The highest BCUT2D eigenvalue weighted by molar-refractivity contribution is 7.99. The van der Waals surface area contributed by atoms with Crippen molar-refractivity contribution in [2.75, 3.05) is 23.4 Å². The van der Waals surface area contributed by atoms with Gasteiger partial charge in [-0.3, -0.25) is 10.1 Å². The summed E-state index contributed by atoms with van der Waals surface area (Å²) < 4.78 is 0. The van der Waals surface area contributed by atoms with Gasteiger partial charge < -0.3 is 10.6 Å². The summed E-state index contributed by atoms with van der Waals surface area (Å²) in [5.41, 5.74) is 0.0701. The van der Waals surface area contributed by atoms with Crippen molar-refractivity contribution in [2.45, 2.75) is 43.9 Å². The molecule has 1 aliphatic carbocycles. The number of thioether (sulfide) groups is 1. The summed E-state index contributed by atoms with van der Waals surface area (Å²) in [6.45, 7) is 2.63. The third-order valence-electron chi connectivity index (χ3n) is 3.69. The molecule has 0 aromatic carbocycles. The molecule has 0 amide bonds. The lowest BCUT2D eigenvalue weighted by molar-refractivity contribution is -0.384. The summed E-state index contributed by atoms with van der Waals surface area (Å²) in [4.78, 5) is 15.1. The van der Waals surface area contributed by atoms with E-state index >= 15 is 0 Å². The van der Waals surface area contributed by atoms with E-state index in [-0.39, 0.29) is 10.6 Å². The minimum Gasteiger partial charge on any atom is -0.370 e. The van der Waals surface area contributed by atoms with Crippen LogP contribution in [0.3, 0.4) is 0 Å². The summed E-state index contributed by atoms with van der Waals surface area (Å²) in [5.74, 6) is 1.14. The van der Waals surface area contributed by atoms with Gasteiger partial charge in [-0.05, 0) is 32.4 Å². The van der Waals surface area contributed by atoms with E-state index in [2.05, 4.69) is 21.9 Å². The molecule has 0 spiro atoms. The van der Waals surface area contributed by atoms with Crippen molar-refractivity contribution < 1.29 is 4.92 Å². The van der Waals surface area contributed by atoms with Gasteiger partial charge in [0, 0.05) is 17.8 Å². The van der Waals surface area contributed by atoms with Crippen LogP contribution in [0.25, 0.3) is 0 Å². The smallest absolute Gasteiger partial charge is 0.276 e. The van der Waals surface area contributed by atoms with E-state index < -0.39 is 0 Å². The van der Waals surface area contributed by atoms with Gasteiger partial charge in [-0.1, -0.05) is 6.42 Å². The fourth-order valence-corrected chi connectivity index (χ4v) is 3.49. The summed E-state index contributed by atoms with van der Waals surface area (Å²) >= 11 is 1.90. The van der Waals surface area contributed by atoms with Crippen LogP contribution in [0.2, 0.25) is 0 Å². The van der Waals surface area contributed by atoms with Gasteiger partial charge in [-0.25, -0.2) is 4.98 Å². The van der Waals surface area contributed by atoms with Gasteiger partial charge in [-0.2, -0.15) is 11.8 Å². The Kier molecular flexibility index (Phi) is 5.67. The molecule has 6 nitrogen and oxygen atoms in total. The monoisotopic (exact) mass is 310 g/mol. The van der Waals surface area contributed by atoms with Crippen LogP contribution in [0.5, 0.6) is 0 Å². The van der Waals surface area contributed by atoms with Gasteiger partial charge >= 0.3 is 0 Å². The lowest BCUT2D eigenvalue weighted by atomic mass is 9.95. The maximum absolute atomic E-state index is 11.0. The molecule has 0 saturated heterocycles. The number of nitrogens with zero attached hydrogens (tertiary/aromatic N) is 2. The first-order chi connectivity index (χ1) is 10.1. The fourth-order valence-electron chi connectivity index (χ4n) is 2.67. The second-order valence-electron chi connectivity index (χ2n) is 5.25. The van der Waals surface area contributed by atoms with Crippen LogP contribution in [0.4, 0.5) is 17.3 Å². The predicted octanol–water partition coefficient (Wildman–Crippen LogP) is 3.51. The van der Waals surface area contributed by atoms with Gasteiger partial charge in [0.05, 0.1) is 17.1 Å².